The number of amides is 2. The molecule has 3 unspecified atom stereocenters. The first-order valence-corrected chi connectivity index (χ1v) is 8.38. The lowest BCUT2D eigenvalue weighted by molar-refractivity contribution is -0.139. The summed E-state index contributed by atoms with van der Waals surface area (Å²) in [4.78, 5) is 23.0. The molecule has 0 aliphatic heterocycles. The first-order valence-electron chi connectivity index (χ1n) is 7.33. The van der Waals surface area contributed by atoms with Crippen LogP contribution in [0.2, 0.25) is 0 Å². The van der Waals surface area contributed by atoms with E-state index in [0.717, 1.165) is 25.0 Å². The highest BCUT2D eigenvalue weighted by Crippen LogP contribution is 2.29. The molecule has 1 rings (SSSR count). The Balaban J connectivity index is 2.37. The molecule has 1 aliphatic rings. The van der Waals surface area contributed by atoms with Gasteiger partial charge in [0.25, 0.3) is 0 Å². The molecule has 0 aromatic heterocycles. The lowest BCUT2D eigenvalue weighted by Gasteiger charge is -2.19. The van der Waals surface area contributed by atoms with Crippen molar-refractivity contribution in [2.24, 2.45) is 5.92 Å². The zero-order chi connectivity index (χ0) is 15.1. The molecule has 2 amide bonds. The van der Waals surface area contributed by atoms with E-state index in [2.05, 4.69) is 17.6 Å². The van der Waals surface area contributed by atoms with E-state index in [4.69, 9.17) is 5.11 Å². The molecule has 0 bridgehead atoms. The summed E-state index contributed by atoms with van der Waals surface area (Å²) in [5.41, 5.74) is 0. The van der Waals surface area contributed by atoms with E-state index in [1.54, 1.807) is 0 Å². The molecule has 1 aliphatic carbocycles. The van der Waals surface area contributed by atoms with E-state index in [1.165, 1.54) is 0 Å². The minimum absolute atomic E-state index is 0.174. The molecule has 1 fully saturated rings. The highest BCUT2D eigenvalue weighted by atomic mass is 32.2. The Hall–Kier alpha value is -0.910. The van der Waals surface area contributed by atoms with Gasteiger partial charge in [0.2, 0.25) is 0 Å². The van der Waals surface area contributed by atoms with Gasteiger partial charge in [0.15, 0.2) is 0 Å². The van der Waals surface area contributed by atoms with E-state index in [0.29, 0.717) is 11.7 Å². The van der Waals surface area contributed by atoms with Crippen molar-refractivity contribution in [3.8, 4) is 0 Å². The summed E-state index contributed by atoms with van der Waals surface area (Å²) in [7, 11) is 0. The highest BCUT2D eigenvalue weighted by Gasteiger charge is 2.27. The standard InChI is InChI=1S/C14H26N2O3S/c1-4-20-11-6-5-10(8-11)15-14(19)16-12(13(17)18)7-9(2)3/h9-12H,4-8H2,1-3H3,(H,17,18)(H2,15,16,19). The average Bonchev–Trinajstić information content (AvgIpc) is 2.75. The Kier molecular flexibility index (Phi) is 7.19. The molecule has 3 N–H and O–H groups in total. The number of aliphatic carboxylic acids is 1. The summed E-state index contributed by atoms with van der Waals surface area (Å²) in [5, 5.41) is 15.2. The summed E-state index contributed by atoms with van der Waals surface area (Å²) in [6, 6.07) is -0.991. The molecule has 0 heterocycles. The van der Waals surface area contributed by atoms with Crippen LogP contribution in [0.1, 0.15) is 46.5 Å². The van der Waals surface area contributed by atoms with Crippen LogP contribution in [-0.4, -0.2) is 40.2 Å². The van der Waals surface area contributed by atoms with Crippen LogP contribution in [0.5, 0.6) is 0 Å². The predicted molar refractivity (Wildman–Crippen MR) is 82.1 cm³/mol. The molecule has 3 atom stereocenters. The maximum Gasteiger partial charge on any atom is 0.326 e. The summed E-state index contributed by atoms with van der Waals surface area (Å²) in [6.45, 7) is 6.03. The molecule has 0 radical (unpaired) electrons. The van der Waals surface area contributed by atoms with Gasteiger partial charge in [0.05, 0.1) is 0 Å². The SMILES string of the molecule is CCSC1CCC(NC(=O)NC(CC(C)C)C(=O)O)C1. The Bertz CT molecular complexity index is 336. The second-order valence-electron chi connectivity index (χ2n) is 5.73. The van der Waals surface area contributed by atoms with Crippen LogP contribution in [0.25, 0.3) is 0 Å². The van der Waals surface area contributed by atoms with Crippen LogP contribution in [0.15, 0.2) is 0 Å². The molecule has 6 heteroatoms. The Morgan fingerprint density at radius 3 is 2.60 bits per heavy atom. The van der Waals surface area contributed by atoms with Crippen molar-refractivity contribution in [3.63, 3.8) is 0 Å². The molecule has 0 saturated heterocycles. The van der Waals surface area contributed by atoms with Crippen molar-refractivity contribution in [1.29, 1.82) is 0 Å². The predicted octanol–water partition coefficient (Wildman–Crippen LogP) is 2.46. The van der Waals surface area contributed by atoms with Gasteiger partial charge in [-0.1, -0.05) is 20.8 Å². The number of carbonyl (C=O) groups is 2. The molecule has 0 aromatic carbocycles. The zero-order valence-corrected chi connectivity index (χ0v) is 13.3. The number of nitrogens with one attached hydrogen (secondary N) is 2. The maximum absolute atomic E-state index is 11.9. The van der Waals surface area contributed by atoms with Crippen LogP contribution in [0, 0.1) is 5.92 Å². The van der Waals surface area contributed by atoms with Gasteiger partial charge < -0.3 is 15.7 Å². The number of carbonyl (C=O) groups excluding carboxylic acids is 1. The molecule has 20 heavy (non-hydrogen) atoms. The molecular formula is C14H26N2O3S. The van der Waals surface area contributed by atoms with Crippen molar-refractivity contribution < 1.29 is 14.7 Å². The number of carboxylic acids is 1. The van der Waals surface area contributed by atoms with Crippen molar-refractivity contribution in [2.45, 2.75) is 63.8 Å². The Morgan fingerprint density at radius 2 is 2.05 bits per heavy atom. The minimum atomic E-state index is -0.973. The van der Waals surface area contributed by atoms with Crippen molar-refractivity contribution in [1.82, 2.24) is 10.6 Å². The third kappa shape index (κ3) is 6.03. The molecule has 0 spiro atoms. The third-order valence-electron chi connectivity index (χ3n) is 3.43. The smallest absolute Gasteiger partial charge is 0.326 e. The number of hydrogen-bond donors (Lipinski definition) is 3. The van der Waals surface area contributed by atoms with E-state index in [9.17, 15) is 9.59 Å². The molecular weight excluding hydrogens is 276 g/mol. The van der Waals surface area contributed by atoms with Crippen LogP contribution < -0.4 is 10.6 Å². The summed E-state index contributed by atoms with van der Waals surface area (Å²) < 4.78 is 0. The fraction of sp³-hybridized carbons (Fsp3) is 0.857. The van der Waals surface area contributed by atoms with Gasteiger partial charge in [0, 0.05) is 11.3 Å². The third-order valence-corrected chi connectivity index (χ3v) is 4.67. The van der Waals surface area contributed by atoms with Crippen LogP contribution >= 0.6 is 11.8 Å². The largest absolute Gasteiger partial charge is 0.480 e. The number of rotatable bonds is 7. The van der Waals surface area contributed by atoms with E-state index >= 15 is 0 Å². The van der Waals surface area contributed by atoms with E-state index in [-0.39, 0.29) is 18.0 Å². The number of carboxylic acid groups (broad SMARTS) is 1. The van der Waals surface area contributed by atoms with Crippen LogP contribution in [-0.2, 0) is 4.79 Å². The molecule has 5 nitrogen and oxygen atoms in total. The molecule has 1 saturated carbocycles. The first kappa shape index (κ1) is 17.1. The van der Waals surface area contributed by atoms with Gasteiger partial charge in [0.1, 0.15) is 6.04 Å². The van der Waals surface area contributed by atoms with Crippen molar-refractivity contribution >= 4 is 23.8 Å². The summed E-state index contributed by atoms with van der Waals surface area (Å²) >= 11 is 1.93. The summed E-state index contributed by atoms with van der Waals surface area (Å²) in [5.74, 6) is 0.354. The molecule has 0 aromatic rings. The van der Waals surface area contributed by atoms with Gasteiger partial charge in [-0.3, -0.25) is 0 Å². The monoisotopic (exact) mass is 302 g/mol. The topological polar surface area (TPSA) is 78.4 Å². The second kappa shape index (κ2) is 8.39. The van der Waals surface area contributed by atoms with E-state index in [1.807, 2.05) is 25.6 Å². The van der Waals surface area contributed by atoms with Gasteiger partial charge in [-0.2, -0.15) is 11.8 Å². The van der Waals surface area contributed by atoms with Gasteiger partial charge in [-0.15, -0.1) is 0 Å². The van der Waals surface area contributed by atoms with Crippen molar-refractivity contribution in [3.05, 3.63) is 0 Å². The van der Waals surface area contributed by atoms with Crippen molar-refractivity contribution in [2.75, 3.05) is 5.75 Å². The zero-order valence-electron chi connectivity index (χ0n) is 12.5. The van der Waals surface area contributed by atoms with Crippen LogP contribution in [0.4, 0.5) is 4.79 Å². The second-order valence-corrected chi connectivity index (χ2v) is 7.30. The minimum Gasteiger partial charge on any atom is -0.480 e. The Morgan fingerprint density at radius 1 is 1.35 bits per heavy atom. The summed E-state index contributed by atoms with van der Waals surface area (Å²) in [6.07, 6.45) is 3.53. The molecule has 116 valence electrons. The lowest BCUT2D eigenvalue weighted by Crippen LogP contribution is -2.49. The maximum atomic E-state index is 11.9. The fourth-order valence-electron chi connectivity index (χ4n) is 2.54. The van der Waals surface area contributed by atoms with Crippen LogP contribution in [0.3, 0.4) is 0 Å². The average molecular weight is 302 g/mol. The fourth-order valence-corrected chi connectivity index (χ4v) is 3.68. The normalized spacial score (nSPS) is 23.6. The number of hydrogen-bond acceptors (Lipinski definition) is 3. The van der Waals surface area contributed by atoms with Gasteiger partial charge >= 0.3 is 12.0 Å². The first-order chi connectivity index (χ1) is 9.42. The quantitative estimate of drug-likeness (QED) is 0.675. The van der Waals surface area contributed by atoms with Gasteiger partial charge in [-0.25, -0.2) is 9.59 Å². The number of thioether (sulfide) groups is 1. The van der Waals surface area contributed by atoms with E-state index < -0.39 is 12.0 Å². The lowest BCUT2D eigenvalue weighted by atomic mass is 10.0. The number of urea groups is 1. The van der Waals surface area contributed by atoms with Gasteiger partial charge in [-0.05, 0) is 37.4 Å². The highest BCUT2D eigenvalue weighted by molar-refractivity contribution is 7.99. The Labute approximate surface area is 125 Å².